The van der Waals surface area contributed by atoms with Crippen molar-refractivity contribution >= 4 is 17.8 Å². The van der Waals surface area contributed by atoms with Crippen LogP contribution < -0.4 is 16.0 Å². The van der Waals surface area contributed by atoms with Crippen LogP contribution in [0.1, 0.15) is 12.0 Å². The summed E-state index contributed by atoms with van der Waals surface area (Å²) in [6.45, 7) is 3.04. The molecule has 0 aliphatic carbocycles. The molecule has 0 bridgehead atoms. The lowest BCUT2D eigenvalue weighted by Crippen LogP contribution is -2.39. The molecule has 1 amide bonds. The highest BCUT2D eigenvalue weighted by atomic mass is 16.5. The summed E-state index contributed by atoms with van der Waals surface area (Å²) in [5, 5.41) is 11.7. The first-order valence-electron chi connectivity index (χ1n) is 6.94. The number of morpholine rings is 1. The second kappa shape index (κ2) is 7.66. The van der Waals surface area contributed by atoms with Gasteiger partial charge in [-0.3, -0.25) is 14.9 Å². The van der Waals surface area contributed by atoms with Gasteiger partial charge < -0.3 is 20.5 Å². The van der Waals surface area contributed by atoms with Crippen LogP contribution >= 0.6 is 0 Å². The summed E-state index contributed by atoms with van der Waals surface area (Å²) < 4.78 is 5.26. The molecule has 1 aromatic rings. The Morgan fingerprint density at radius 2 is 2.00 bits per heavy atom. The van der Waals surface area contributed by atoms with Crippen molar-refractivity contribution in [3.05, 3.63) is 18.0 Å². The number of carboxylic acids is 1. The van der Waals surface area contributed by atoms with Gasteiger partial charge in [-0.05, 0) is 0 Å². The van der Waals surface area contributed by atoms with Crippen molar-refractivity contribution in [2.75, 3.05) is 31.2 Å². The zero-order chi connectivity index (χ0) is 15.9. The second-order valence-electron chi connectivity index (χ2n) is 4.93. The molecule has 4 N–H and O–H groups in total. The van der Waals surface area contributed by atoms with Crippen LogP contribution in [-0.4, -0.2) is 59.3 Å². The molecule has 0 saturated carbocycles. The van der Waals surface area contributed by atoms with E-state index < -0.39 is 17.9 Å². The number of nitrogens with two attached hydrogens (primary N) is 1. The lowest BCUT2D eigenvalue weighted by atomic mass is 10.2. The number of hydrogen-bond donors (Lipinski definition) is 3. The molecule has 1 atom stereocenters. The summed E-state index contributed by atoms with van der Waals surface area (Å²) in [5.74, 6) is -1.16. The van der Waals surface area contributed by atoms with Gasteiger partial charge in [-0.1, -0.05) is 0 Å². The van der Waals surface area contributed by atoms with E-state index in [4.69, 9.17) is 15.6 Å². The Labute approximate surface area is 127 Å². The Morgan fingerprint density at radius 1 is 1.36 bits per heavy atom. The third kappa shape index (κ3) is 4.64. The third-order valence-electron chi connectivity index (χ3n) is 3.24. The summed E-state index contributed by atoms with van der Waals surface area (Å²) in [4.78, 5) is 32.4. The van der Waals surface area contributed by atoms with Crippen LogP contribution in [0.15, 0.2) is 12.4 Å². The summed E-state index contributed by atoms with van der Waals surface area (Å²) in [5.41, 5.74) is 5.75. The molecule has 1 aliphatic rings. The molecule has 0 aromatic carbocycles. The van der Waals surface area contributed by atoms with Crippen molar-refractivity contribution in [2.45, 2.75) is 19.0 Å². The first-order valence-corrected chi connectivity index (χ1v) is 6.94. The highest BCUT2D eigenvalue weighted by Crippen LogP contribution is 2.09. The number of primary amides is 1. The number of hydrogen-bond acceptors (Lipinski definition) is 7. The van der Waals surface area contributed by atoms with Crippen molar-refractivity contribution in [2.24, 2.45) is 5.73 Å². The van der Waals surface area contributed by atoms with Crippen LogP contribution in [0.5, 0.6) is 0 Å². The number of carbonyl (C=O) groups is 2. The van der Waals surface area contributed by atoms with E-state index in [-0.39, 0.29) is 13.0 Å². The van der Waals surface area contributed by atoms with Crippen LogP contribution in [0.3, 0.4) is 0 Å². The first-order chi connectivity index (χ1) is 10.6. The van der Waals surface area contributed by atoms with Crippen molar-refractivity contribution in [3.63, 3.8) is 0 Å². The minimum Gasteiger partial charge on any atom is -0.480 e. The largest absolute Gasteiger partial charge is 0.480 e. The normalized spacial score (nSPS) is 16.3. The number of anilines is 1. The maximum atomic E-state index is 11.0. The molecular weight excluding hydrogens is 290 g/mol. The molecule has 9 heteroatoms. The molecule has 22 heavy (non-hydrogen) atoms. The predicted molar refractivity (Wildman–Crippen MR) is 77.1 cm³/mol. The maximum Gasteiger partial charge on any atom is 0.321 e. The Kier molecular flexibility index (Phi) is 5.61. The van der Waals surface area contributed by atoms with E-state index in [9.17, 15) is 9.59 Å². The Morgan fingerprint density at radius 3 is 2.55 bits per heavy atom. The number of ether oxygens (including phenoxy) is 1. The van der Waals surface area contributed by atoms with Crippen LogP contribution in [0.25, 0.3) is 0 Å². The number of nitrogens with one attached hydrogen (secondary N) is 1. The Bertz CT molecular complexity index is 516. The minimum atomic E-state index is -1.12. The zero-order valence-corrected chi connectivity index (χ0v) is 12.1. The van der Waals surface area contributed by atoms with Gasteiger partial charge in [-0.15, -0.1) is 0 Å². The van der Waals surface area contributed by atoms with Gasteiger partial charge in [0.05, 0.1) is 19.6 Å². The number of aromatic nitrogens is 2. The van der Waals surface area contributed by atoms with E-state index in [1.54, 1.807) is 12.4 Å². The number of carbonyl (C=O) groups excluding carboxylic acids is 1. The van der Waals surface area contributed by atoms with Gasteiger partial charge in [0, 0.05) is 37.6 Å². The summed E-state index contributed by atoms with van der Waals surface area (Å²) in [6.07, 6.45) is 3.00. The van der Waals surface area contributed by atoms with E-state index in [0.717, 1.165) is 18.7 Å². The van der Waals surface area contributed by atoms with E-state index in [0.29, 0.717) is 19.2 Å². The number of carboxylic acid groups (broad SMARTS) is 1. The van der Waals surface area contributed by atoms with Gasteiger partial charge in [0.1, 0.15) is 6.04 Å². The monoisotopic (exact) mass is 309 g/mol. The number of nitrogens with zero attached hydrogens (tertiary/aromatic N) is 3. The number of rotatable bonds is 7. The van der Waals surface area contributed by atoms with Crippen LogP contribution in [0.4, 0.5) is 5.95 Å². The molecule has 9 nitrogen and oxygen atoms in total. The molecule has 120 valence electrons. The van der Waals surface area contributed by atoms with Crippen molar-refractivity contribution in [1.29, 1.82) is 0 Å². The SMILES string of the molecule is NC(=O)CC(NCc1cnc(N2CCOCC2)nc1)C(=O)O. The van der Waals surface area contributed by atoms with E-state index in [1.165, 1.54) is 0 Å². The van der Waals surface area contributed by atoms with Crippen LogP contribution in [0.2, 0.25) is 0 Å². The van der Waals surface area contributed by atoms with E-state index >= 15 is 0 Å². The Hall–Kier alpha value is -2.26. The second-order valence-corrected chi connectivity index (χ2v) is 4.93. The molecule has 2 rings (SSSR count). The lowest BCUT2D eigenvalue weighted by Gasteiger charge is -2.26. The molecule has 1 fully saturated rings. The summed E-state index contributed by atoms with van der Waals surface area (Å²) in [6, 6.07) is -1.02. The predicted octanol–water partition coefficient (Wildman–Crippen LogP) is -1.27. The molecule has 0 spiro atoms. The maximum absolute atomic E-state index is 11.0. The van der Waals surface area contributed by atoms with Gasteiger partial charge >= 0.3 is 5.97 Å². The molecule has 2 heterocycles. The number of amides is 1. The fourth-order valence-electron chi connectivity index (χ4n) is 2.05. The van der Waals surface area contributed by atoms with Crippen molar-refractivity contribution < 1.29 is 19.4 Å². The topological polar surface area (TPSA) is 131 Å². The summed E-state index contributed by atoms with van der Waals surface area (Å²) >= 11 is 0. The quantitative estimate of drug-likeness (QED) is 0.568. The smallest absolute Gasteiger partial charge is 0.321 e. The molecule has 1 saturated heterocycles. The fourth-order valence-corrected chi connectivity index (χ4v) is 2.05. The molecule has 1 unspecified atom stereocenters. The van der Waals surface area contributed by atoms with E-state index in [2.05, 4.69) is 15.3 Å². The third-order valence-corrected chi connectivity index (χ3v) is 3.24. The molecule has 1 aromatic heterocycles. The van der Waals surface area contributed by atoms with Crippen molar-refractivity contribution in [3.8, 4) is 0 Å². The lowest BCUT2D eigenvalue weighted by molar-refractivity contribution is -0.141. The standard InChI is InChI=1S/C13H19N5O4/c14-11(19)5-10(12(20)21)15-6-9-7-16-13(17-8-9)18-1-3-22-4-2-18/h7-8,10,15H,1-6H2,(H2,14,19)(H,20,21). The summed E-state index contributed by atoms with van der Waals surface area (Å²) in [7, 11) is 0. The molecule has 1 aliphatic heterocycles. The first kappa shape index (κ1) is 16.1. The minimum absolute atomic E-state index is 0.244. The van der Waals surface area contributed by atoms with Gasteiger partial charge in [0.15, 0.2) is 0 Å². The van der Waals surface area contributed by atoms with Crippen molar-refractivity contribution in [1.82, 2.24) is 15.3 Å². The highest BCUT2D eigenvalue weighted by molar-refractivity contribution is 5.83. The fraction of sp³-hybridized carbons (Fsp3) is 0.538. The van der Waals surface area contributed by atoms with Gasteiger partial charge in [0.2, 0.25) is 11.9 Å². The highest BCUT2D eigenvalue weighted by Gasteiger charge is 2.19. The van der Waals surface area contributed by atoms with Gasteiger partial charge in [0.25, 0.3) is 0 Å². The van der Waals surface area contributed by atoms with Gasteiger partial charge in [-0.2, -0.15) is 0 Å². The molecule has 0 radical (unpaired) electrons. The van der Waals surface area contributed by atoms with Gasteiger partial charge in [-0.25, -0.2) is 9.97 Å². The van der Waals surface area contributed by atoms with Crippen LogP contribution in [-0.2, 0) is 20.9 Å². The van der Waals surface area contributed by atoms with Crippen LogP contribution in [0, 0.1) is 0 Å². The average Bonchev–Trinajstić information content (AvgIpc) is 2.52. The van der Waals surface area contributed by atoms with E-state index in [1.807, 2.05) is 4.90 Å². The number of aliphatic carboxylic acids is 1. The average molecular weight is 309 g/mol. The zero-order valence-electron chi connectivity index (χ0n) is 12.1. The Balaban J connectivity index is 1.90. The molecular formula is C13H19N5O4.